The summed E-state index contributed by atoms with van der Waals surface area (Å²) in [6, 6.07) is 5.19. The van der Waals surface area contributed by atoms with E-state index in [2.05, 4.69) is 0 Å². The molecule has 0 radical (unpaired) electrons. The lowest BCUT2D eigenvalue weighted by molar-refractivity contribution is -0.148. The molecule has 154 valence electrons. The minimum atomic E-state index is -1.12. The molecule has 1 aromatic rings. The van der Waals surface area contributed by atoms with Crippen molar-refractivity contribution >= 4 is 23.6 Å². The van der Waals surface area contributed by atoms with E-state index >= 15 is 0 Å². The number of ether oxygens (including phenoxy) is 1. The van der Waals surface area contributed by atoms with Crippen LogP contribution in [0.25, 0.3) is 0 Å². The third-order valence-electron chi connectivity index (χ3n) is 6.61. The van der Waals surface area contributed by atoms with Crippen molar-refractivity contribution in [2.75, 3.05) is 14.2 Å². The molecule has 0 bridgehead atoms. The molecule has 4 rings (SSSR count). The van der Waals surface area contributed by atoms with Crippen LogP contribution in [0.1, 0.15) is 37.3 Å². The second-order valence-electron chi connectivity index (χ2n) is 8.08. The molecule has 1 aromatic carbocycles. The summed E-state index contributed by atoms with van der Waals surface area (Å²) in [6.45, 7) is 0. The van der Waals surface area contributed by atoms with Crippen LogP contribution in [-0.4, -0.2) is 53.6 Å². The van der Waals surface area contributed by atoms with Crippen LogP contribution in [0.3, 0.4) is 0 Å². The van der Waals surface area contributed by atoms with Crippen LogP contribution in [0.2, 0.25) is 0 Å². The van der Waals surface area contributed by atoms with E-state index in [0.29, 0.717) is 11.3 Å². The van der Waals surface area contributed by atoms with Gasteiger partial charge in [0.25, 0.3) is 0 Å². The standard InChI is InChI=1S/C21H25N3O5/c1-23-20(27)14-15(21(23)28)17(18(22)25)24(19(26)12-5-3-4-6-12)16(14)11-7-9-13(29-2)10-8-11/h7-10,12,14-17H,3-6H2,1-2H3,(H2,22,25). The highest BCUT2D eigenvalue weighted by atomic mass is 16.5. The molecule has 4 unspecified atom stereocenters. The first-order chi connectivity index (χ1) is 13.9. The van der Waals surface area contributed by atoms with Gasteiger partial charge in [0.2, 0.25) is 23.6 Å². The zero-order chi connectivity index (χ0) is 20.9. The molecule has 0 aromatic heterocycles. The normalized spacial score (nSPS) is 29.4. The van der Waals surface area contributed by atoms with E-state index in [1.807, 2.05) is 0 Å². The van der Waals surface area contributed by atoms with Crippen LogP contribution in [-0.2, 0) is 19.2 Å². The first-order valence-corrected chi connectivity index (χ1v) is 9.93. The van der Waals surface area contributed by atoms with Crippen LogP contribution in [0.15, 0.2) is 24.3 Å². The van der Waals surface area contributed by atoms with Crippen LogP contribution in [0.4, 0.5) is 0 Å². The fraction of sp³-hybridized carbons (Fsp3) is 0.524. The maximum absolute atomic E-state index is 13.5. The van der Waals surface area contributed by atoms with Gasteiger partial charge in [0.15, 0.2) is 0 Å². The molecule has 1 aliphatic carbocycles. The van der Waals surface area contributed by atoms with Crippen molar-refractivity contribution in [3.8, 4) is 5.75 Å². The zero-order valence-corrected chi connectivity index (χ0v) is 16.5. The molecule has 8 nitrogen and oxygen atoms in total. The van der Waals surface area contributed by atoms with E-state index < -0.39 is 35.7 Å². The SMILES string of the molecule is COc1ccc(C2C3C(=O)N(C)C(=O)C3C(C(N)=O)N2C(=O)C2CCCC2)cc1. The van der Waals surface area contributed by atoms with Gasteiger partial charge in [-0.05, 0) is 30.5 Å². The molecule has 2 aliphatic heterocycles. The van der Waals surface area contributed by atoms with E-state index in [1.165, 1.54) is 11.9 Å². The van der Waals surface area contributed by atoms with Crippen molar-refractivity contribution in [3.63, 3.8) is 0 Å². The average molecular weight is 399 g/mol. The molecule has 1 saturated carbocycles. The number of benzene rings is 1. The van der Waals surface area contributed by atoms with Gasteiger partial charge in [0, 0.05) is 13.0 Å². The number of imide groups is 1. The number of hydrogen-bond donors (Lipinski definition) is 1. The van der Waals surface area contributed by atoms with Gasteiger partial charge in [0.05, 0.1) is 25.0 Å². The molecule has 2 heterocycles. The zero-order valence-electron chi connectivity index (χ0n) is 16.5. The molecular formula is C21H25N3O5. The first-order valence-electron chi connectivity index (χ1n) is 9.93. The topological polar surface area (TPSA) is 110 Å². The molecule has 2 N–H and O–H groups in total. The number of methoxy groups -OCH3 is 1. The number of fused-ring (bicyclic) bond motifs is 1. The largest absolute Gasteiger partial charge is 0.497 e. The smallest absolute Gasteiger partial charge is 0.241 e. The molecule has 3 fully saturated rings. The Morgan fingerprint density at radius 1 is 1.03 bits per heavy atom. The van der Waals surface area contributed by atoms with E-state index in [9.17, 15) is 19.2 Å². The van der Waals surface area contributed by atoms with Crippen molar-refractivity contribution in [2.24, 2.45) is 23.5 Å². The number of hydrogen-bond acceptors (Lipinski definition) is 5. The molecule has 4 atom stereocenters. The summed E-state index contributed by atoms with van der Waals surface area (Å²) in [4.78, 5) is 54.2. The van der Waals surface area contributed by atoms with Crippen molar-refractivity contribution < 1.29 is 23.9 Å². The van der Waals surface area contributed by atoms with Crippen molar-refractivity contribution in [2.45, 2.75) is 37.8 Å². The summed E-state index contributed by atoms with van der Waals surface area (Å²) in [7, 11) is 2.96. The van der Waals surface area contributed by atoms with Crippen LogP contribution < -0.4 is 10.5 Å². The molecule has 8 heteroatoms. The van der Waals surface area contributed by atoms with Crippen LogP contribution in [0, 0.1) is 17.8 Å². The highest BCUT2D eigenvalue weighted by molar-refractivity contribution is 6.09. The highest BCUT2D eigenvalue weighted by Crippen LogP contribution is 2.50. The van der Waals surface area contributed by atoms with Gasteiger partial charge in [-0.25, -0.2) is 0 Å². The maximum atomic E-state index is 13.5. The predicted octanol–water partition coefficient (Wildman–Crippen LogP) is 0.854. The van der Waals surface area contributed by atoms with Gasteiger partial charge in [-0.2, -0.15) is 0 Å². The Morgan fingerprint density at radius 2 is 1.62 bits per heavy atom. The molecular weight excluding hydrogens is 374 g/mol. The highest BCUT2D eigenvalue weighted by Gasteiger charge is 2.64. The van der Waals surface area contributed by atoms with E-state index in [-0.39, 0.29) is 17.7 Å². The lowest BCUT2D eigenvalue weighted by Gasteiger charge is -2.34. The summed E-state index contributed by atoms with van der Waals surface area (Å²) < 4.78 is 5.20. The van der Waals surface area contributed by atoms with E-state index in [0.717, 1.165) is 30.6 Å². The number of primary amides is 1. The monoisotopic (exact) mass is 399 g/mol. The fourth-order valence-corrected chi connectivity index (χ4v) is 5.19. The minimum absolute atomic E-state index is 0.190. The maximum Gasteiger partial charge on any atom is 0.241 e. The number of carbonyl (C=O) groups is 4. The summed E-state index contributed by atoms with van der Waals surface area (Å²) in [6.07, 6.45) is 3.39. The number of amides is 4. The number of nitrogens with two attached hydrogens (primary N) is 1. The quantitative estimate of drug-likeness (QED) is 0.755. The number of rotatable bonds is 4. The lowest BCUT2D eigenvalue weighted by Crippen LogP contribution is -2.51. The number of nitrogens with zero attached hydrogens (tertiary/aromatic N) is 2. The van der Waals surface area contributed by atoms with Gasteiger partial charge >= 0.3 is 0 Å². The average Bonchev–Trinajstić information content (AvgIpc) is 3.42. The van der Waals surface area contributed by atoms with Crippen LogP contribution >= 0.6 is 0 Å². The number of likely N-dealkylation sites (tertiary alicyclic amines) is 2. The fourth-order valence-electron chi connectivity index (χ4n) is 5.19. The predicted molar refractivity (Wildman–Crippen MR) is 102 cm³/mol. The minimum Gasteiger partial charge on any atom is -0.497 e. The Bertz CT molecular complexity index is 862. The summed E-state index contributed by atoms with van der Waals surface area (Å²) in [5.74, 6) is -3.11. The van der Waals surface area contributed by atoms with Crippen molar-refractivity contribution in [3.05, 3.63) is 29.8 Å². The molecule has 0 spiro atoms. The van der Waals surface area contributed by atoms with Gasteiger partial charge < -0.3 is 15.4 Å². The van der Waals surface area contributed by atoms with E-state index in [1.54, 1.807) is 31.4 Å². The molecule has 3 aliphatic rings. The molecule has 4 amide bonds. The second-order valence-corrected chi connectivity index (χ2v) is 8.08. The third-order valence-corrected chi connectivity index (χ3v) is 6.61. The van der Waals surface area contributed by atoms with Crippen molar-refractivity contribution in [1.82, 2.24) is 9.80 Å². The summed E-state index contributed by atoms with van der Waals surface area (Å²) in [5, 5.41) is 0. The first kappa shape index (κ1) is 19.4. The summed E-state index contributed by atoms with van der Waals surface area (Å²) in [5.41, 5.74) is 6.37. The van der Waals surface area contributed by atoms with Gasteiger partial charge in [-0.1, -0.05) is 25.0 Å². The Kier molecular flexibility index (Phi) is 4.80. The van der Waals surface area contributed by atoms with E-state index in [4.69, 9.17) is 10.5 Å². The Morgan fingerprint density at radius 3 is 2.17 bits per heavy atom. The molecule has 29 heavy (non-hydrogen) atoms. The number of carbonyl (C=O) groups excluding carboxylic acids is 4. The Hall–Kier alpha value is -2.90. The Labute approximate surface area is 169 Å². The van der Waals surface area contributed by atoms with Gasteiger partial charge in [-0.15, -0.1) is 0 Å². The second kappa shape index (κ2) is 7.17. The van der Waals surface area contributed by atoms with Crippen molar-refractivity contribution in [1.29, 1.82) is 0 Å². The van der Waals surface area contributed by atoms with Crippen LogP contribution in [0.5, 0.6) is 5.75 Å². The van der Waals surface area contributed by atoms with Gasteiger partial charge in [-0.3, -0.25) is 24.1 Å². The molecule has 2 saturated heterocycles. The summed E-state index contributed by atoms with van der Waals surface area (Å²) >= 11 is 0. The van der Waals surface area contributed by atoms with Gasteiger partial charge in [0.1, 0.15) is 11.8 Å². The Balaban J connectivity index is 1.83. The lowest BCUT2D eigenvalue weighted by atomic mass is 9.86. The third kappa shape index (κ3) is 2.89.